The van der Waals surface area contributed by atoms with Gasteiger partial charge in [0.25, 0.3) is 5.56 Å². The van der Waals surface area contributed by atoms with Gasteiger partial charge in [0.05, 0.1) is 23.2 Å². The highest BCUT2D eigenvalue weighted by Gasteiger charge is 2.30. The number of nitrogens with one attached hydrogen (secondary N) is 1. The van der Waals surface area contributed by atoms with Crippen molar-refractivity contribution in [3.8, 4) is 5.69 Å². The van der Waals surface area contributed by atoms with Gasteiger partial charge < -0.3 is 10.1 Å². The van der Waals surface area contributed by atoms with Gasteiger partial charge in [0.15, 0.2) is 5.69 Å². The van der Waals surface area contributed by atoms with E-state index < -0.39 is 29.2 Å². The highest BCUT2D eigenvalue weighted by atomic mass is 32.1. The zero-order valence-electron chi connectivity index (χ0n) is 18.7. The van der Waals surface area contributed by atoms with Gasteiger partial charge in [-0.2, -0.15) is 23.0 Å². The van der Waals surface area contributed by atoms with Crippen LogP contribution in [-0.4, -0.2) is 28.3 Å². The van der Waals surface area contributed by atoms with Crippen LogP contribution in [0.1, 0.15) is 28.5 Å². The van der Waals surface area contributed by atoms with Gasteiger partial charge in [0.1, 0.15) is 5.00 Å². The van der Waals surface area contributed by atoms with E-state index in [1.165, 1.54) is 11.5 Å². The van der Waals surface area contributed by atoms with Gasteiger partial charge in [0.2, 0.25) is 5.91 Å². The number of hydrogen-bond acceptors (Lipinski definition) is 6. The molecular formula is C25H18F3N3O4S. The molecule has 11 heteroatoms. The number of alkyl halides is 3. The first-order valence-corrected chi connectivity index (χ1v) is 11.5. The SMILES string of the molecule is CCOC(=O)c1nn(-c2ccc(C(F)(F)F)cc2)c(=O)c2c(NC(=O)C=Cc3ccccc3)scc12. The maximum absolute atomic E-state index is 13.3. The Labute approximate surface area is 206 Å². The Morgan fingerprint density at radius 1 is 1.11 bits per heavy atom. The van der Waals surface area contributed by atoms with Crippen molar-refractivity contribution in [2.75, 3.05) is 11.9 Å². The fraction of sp³-hybridized carbons (Fsp3) is 0.120. The molecule has 0 fully saturated rings. The maximum Gasteiger partial charge on any atom is 0.416 e. The molecule has 0 unspecified atom stereocenters. The molecule has 1 amide bonds. The Morgan fingerprint density at radius 3 is 2.44 bits per heavy atom. The number of thiophene rings is 1. The molecule has 0 aliphatic heterocycles. The van der Waals surface area contributed by atoms with Gasteiger partial charge in [-0.05, 0) is 42.8 Å². The van der Waals surface area contributed by atoms with E-state index >= 15 is 0 Å². The first kappa shape index (κ1) is 24.9. The maximum atomic E-state index is 13.3. The fourth-order valence-corrected chi connectivity index (χ4v) is 4.29. The second-order valence-electron chi connectivity index (χ2n) is 7.42. The molecule has 0 radical (unpaired) electrons. The standard InChI is InChI=1S/C25H18F3N3O4S/c1-2-35-24(34)21-18-14-36-22(29-19(32)13-8-15-6-4-3-5-7-15)20(18)23(33)31(30-21)17-11-9-16(10-12-17)25(26,27)28/h3-14H,2H2,1H3,(H,29,32). The van der Waals surface area contributed by atoms with Crippen LogP contribution < -0.4 is 10.9 Å². The number of carbonyl (C=O) groups excluding carboxylic acids is 2. The van der Waals surface area contributed by atoms with Crippen molar-refractivity contribution in [3.05, 3.63) is 93.2 Å². The minimum Gasteiger partial charge on any atom is -0.461 e. The number of anilines is 1. The quantitative estimate of drug-likeness (QED) is 0.279. The number of rotatable bonds is 6. The third kappa shape index (κ3) is 5.20. The molecule has 4 aromatic rings. The molecule has 0 atom stereocenters. The van der Waals surface area contributed by atoms with Crippen molar-refractivity contribution >= 4 is 45.1 Å². The molecule has 0 saturated carbocycles. The average Bonchev–Trinajstić information content (AvgIpc) is 3.27. The monoisotopic (exact) mass is 513 g/mol. The Kier molecular flexibility index (Phi) is 7.02. The van der Waals surface area contributed by atoms with Gasteiger partial charge in [-0.1, -0.05) is 30.3 Å². The van der Waals surface area contributed by atoms with E-state index in [1.54, 1.807) is 13.0 Å². The zero-order chi connectivity index (χ0) is 25.9. The second-order valence-corrected chi connectivity index (χ2v) is 8.30. The lowest BCUT2D eigenvalue weighted by atomic mass is 10.2. The zero-order valence-corrected chi connectivity index (χ0v) is 19.5. The fourth-order valence-electron chi connectivity index (χ4n) is 3.35. The summed E-state index contributed by atoms with van der Waals surface area (Å²) >= 11 is 1.01. The van der Waals surface area contributed by atoms with Crippen LogP contribution in [-0.2, 0) is 15.7 Å². The highest BCUT2D eigenvalue weighted by molar-refractivity contribution is 7.16. The van der Waals surface area contributed by atoms with Crippen LogP contribution in [0.3, 0.4) is 0 Å². The molecule has 0 aliphatic carbocycles. The summed E-state index contributed by atoms with van der Waals surface area (Å²) in [5.74, 6) is -1.33. The molecule has 0 aliphatic rings. The first-order chi connectivity index (χ1) is 17.2. The summed E-state index contributed by atoms with van der Waals surface area (Å²) in [5.41, 5.74) is -1.03. The van der Waals surface area contributed by atoms with Crippen molar-refractivity contribution in [1.82, 2.24) is 9.78 Å². The summed E-state index contributed by atoms with van der Waals surface area (Å²) in [7, 11) is 0. The largest absolute Gasteiger partial charge is 0.461 e. The van der Waals surface area contributed by atoms with Gasteiger partial charge in [-0.3, -0.25) is 9.59 Å². The van der Waals surface area contributed by atoms with Crippen molar-refractivity contribution in [2.24, 2.45) is 0 Å². The van der Waals surface area contributed by atoms with E-state index in [0.717, 1.165) is 45.8 Å². The Morgan fingerprint density at radius 2 is 1.81 bits per heavy atom. The minimum atomic E-state index is -4.56. The van der Waals surface area contributed by atoms with E-state index in [2.05, 4.69) is 10.4 Å². The number of nitrogens with zero attached hydrogens (tertiary/aromatic N) is 2. The molecule has 4 rings (SSSR count). The van der Waals surface area contributed by atoms with Gasteiger partial charge in [0, 0.05) is 16.8 Å². The van der Waals surface area contributed by atoms with Crippen LogP contribution in [0.2, 0.25) is 0 Å². The van der Waals surface area contributed by atoms with E-state index in [0.29, 0.717) is 0 Å². The number of hydrogen-bond donors (Lipinski definition) is 1. The number of carbonyl (C=O) groups is 2. The predicted molar refractivity (Wildman–Crippen MR) is 130 cm³/mol. The van der Waals surface area contributed by atoms with Crippen molar-refractivity contribution < 1.29 is 27.5 Å². The van der Waals surface area contributed by atoms with Crippen LogP contribution in [0.15, 0.2) is 70.8 Å². The lowest BCUT2D eigenvalue weighted by Gasteiger charge is -2.11. The van der Waals surface area contributed by atoms with Gasteiger partial charge in [-0.15, -0.1) is 11.3 Å². The van der Waals surface area contributed by atoms with Crippen molar-refractivity contribution in [2.45, 2.75) is 13.1 Å². The molecule has 1 N–H and O–H groups in total. The van der Waals surface area contributed by atoms with Crippen LogP contribution in [0.4, 0.5) is 18.2 Å². The predicted octanol–water partition coefficient (Wildman–Crippen LogP) is 5.29. The third-order valence-electron chi connectivity index (χ3n) is 5.02. The Hall–Kier alpha value is -4.25. The third-order valence-corrected chi connectivity index (χ3v) is 5.92. The van der Waals surface area contributed by atoms with Gasteiger partial charge >= 0.3 is 12.1 Å². The molecule has 2 aromatic heterocycles. The number of aromatic nitrogens is 2. The molecule has 0 bridgehead atoms. The lowest BCUT2D eigenvalue weighted by Crippen LogP contribution is -2.25. The molecule has 0 saturated heterocycles. The van der Waals surface area contributed by atoms with Crippen molar-refractivity contribution in [1.29, 1.82) is 0 Å². The number of fused-ring (bicyclic) bond motifs is 1. The van der Waals surface area contributed by atoms with Crippen LogP contribution in [0.5, 0.6) is 0 Å². The lowest BCUT2D eigenvalue weighted by molar-refractivity contribution is -0.137. The summed E-state index contributed by atoms with van der Waals surface area (Å²) in [4.78, 5) is 38.5. The number of halogens is 3. The average molecular weight is 513 g/mol. The highest BCUT2D eigenvalue weighted by Crippen LogP contribution is 2.32. The molecule has 0 spiro atoms. The number of amides is 1. The van der Waals surface area contributed by atoms with E-state index in [1.807, 2.05) is 30.3 Å². The van der Waals surface area contributed by atoms with Crippen LogP contribution >= 0.6 is 11.3 Å². The first-order valence-electron chi connectivity index (χ1n) is 10.6. The van der Waals surface area contributed by atoms with Crippen molar-refractivity contribution in [3.63, 3.8) is 0 Å². The Balaban J connectivity index is 1.79. The van der Waals surface area contributed by atoms with E-state index in [4.69, 9.17) is 4.74 Å². The normalized spacial score (nSPS) is 11.7. The summed E-state index contributed by atoms with van der Waals surface area (Å²) in [6.45, 7) is 1.64. The number of esters is 1. The molecule has 2 aromatic carbocycles. The summed E-state index contributed by atoms with van der Waals surface area (Å²) in [6, 6.07) is 12.9. The summed E-state index contributed by atoms with van der Waals surface area (Å²) < 4.78 is 44.8. The van der Waals surface area contributed by atoms with Crippen LogP contribution in [0, 0.1) is 0 Å². The molecule has 36 heavy (non-hydrogen) atoms. The smallest absolute Gasteiger partial charge is 0.416 e. The molecule has 184 valence electrons. The molecule has 2 heterocycles. The topological polar surface area (TPSA) is 90.3 Å². The second kappa shape index (κ2) is 10.2. The molecule has 7 nitrogen and oxygen atoms in total. The molecular weight excluding hydrogens is 495 g/mol. The van der Waals surface area contributed by atoms with E-state index in [9.17, 15) is 27.6 Å². The minimum absolute atomic E-state index is 0.00731. The number of benzene rings is 2. The van der Waals surface area contributed by atoms with E-state index in [-0.39, 0.29) is 33.8 Å². The summed E-state index contributed by atoms with van der Waals surface area (Å²) in [5, 5.41) is 8.51. The van der Waals surface area contributed by atoms with Crippen LogP contribution in [0.25, 0.3) is 22.5 Å². The Bertz CT molecular complexity index is 1510. The number of ether oxygens (including phenoxy) is 1. The summed E-state index contributed by atoms with van der Waals surface area (Å²) in [6.07, 6.45) is -1.67. The van der Waals surface area contributed by atoms with Gasteiger partial charge in [-0.25, -0.2) is 4.79 Å².